The van der Waals surface area contributed by atoms with Gasteiger partial charge in [-0.3, -0.25) is 9.69 Å². The van der Waals surface area contributed by atoms with Gasteiger partial charge in [0.05, 0.1) is 24.5 Å². The Kier molecular flexibility index (Phi) is 4.98. The summed E-state index contributed by atoms with van der Waals surface area (Å²) < 4.78 is 19.2. The monoisotopic (exact) mass is 296 g/mol. The number of primary amides is 1. The molecule has 1 aliphatic rings. The number of morpholine rings is 1. The van der Waals surface area contributed by atoms with Crippen molar-refractivity contribution in [2.24, 2.45) is 5.73 Å². The van der Waals surface area contributed by atoms with Crippen LogP contribution in [-0.4, -0.2) is 49.7 Å². The van der Waals surface area contributed by atoms with E-state index >= 15 is 0 Å². The van der Waals surface area contributed by atoms with Crippen LogP contribution in [0.15, 0.2) is 12.1 Å². The van der Waals surface area contributed by atoms with E-state index in [9.17, 15) is 9.18 Å². The highest BCUT2D eigenvalue weighted by Gasteiger charge is 2.16. The number of ether oxygens (including phenoxy) is 1. The van der Waals surface area contributed by atoms with E-state index in [0.29, 0.717) is 0 Å². The van der Waals surface area contributed by atoms with Crippen molar-refractivity contribution in [1.29, 1.82) is 0 Å². The Morgan fingerprint density at radius 1 is 1.48 bits per heavy atom. The first-order chi connectivity index (χ1) is 9.97. The molecule has 1 aromatic carbocycles. The number of anilines is 2. The summed E-state index contributed by atoms with van der Waals surface area (Å²) in [6.45, 7) is 5.88. The molecule has 1 heterocycles. The maximum Gasteiger partial charge on any atom is 0.250 e. The average molecular weight is 296 g/mol. The third-order valence-corrected chi connectivity index (χ3v) is 3.44. The quantitative estimate of drug-likeness (QED) is 0.693. The SMILES string of the molecule is CC(CN1CCOCC1)Nc1cc(C(N)=O)c(N)cc1F. The van der Waals surface area contributed by atoms with E-state index in [0.717, 1.165) is 38.9 Å². The molecule has 1 aliphatic heterocycles. The van der Waals surface area contributed by atoms with Gasteiger partial charge in [-0.05, 0) is 19.1 Å². The van der Waals surface area contributed by atoms with Crippen molar-refractivity contribution in [3.63, 3.8) is 0 Å². The van der Waals surface area contributed by atoms with E-state index in [1.165, 1.54) is 6.07 Å². The fraction of sp³-hybridized carbons (Fsp3) is 0.500. The number of hydrogen-bond donors (Lipinski definition) is 3. The molecule has 2 rings (SSSR count). The van der Waals surface area contributed by atoms with Crippen LogP contribution in [0.3, 0.4) is 0 Å². The molecule has 1 amide bonds. The minimum Gasteiger partial charge on any atom is -0.398 e. The maximum atomic E-state index is 13.9. The summed E-state index contributed by atoms with van der Waals surface area (Å²) in [5, 5.41) is 3.06. The Morgan fingerprint density at radius 2 is 2.14 bits per heavy atom. The second kappa shape index (κ2) is 6.73. The Labute approximate surface area is 123 Å². The van der Waals surface area contributed by atoms with Crippen LogP contribution in [0.5, 0.6) is 0 Å². The Hall–Kier alpha value is -1.86. The second-order valence-corrected chi connectivity index (χ2v) is 5.24. The Bertz CT molecular complexity index is 518. The van der Waals surface area contributed by atoms with Crippen molar-refractivity contribution in [2.75, 3.05) is 43.9 Å². The molecule has 21 heavy (non-hydrogen) atoms. The van der Waals surface area contributed by atoms with Gasteiger partial charge in [0.1, 0.15) is 5.82 Å². The zero-order chi connectivity index (χ0) is 15.4. The van der Waals surface area contributed by atoms with Gasteiger partial charge in [0.15, 0.2) is 0 Å². The van der Waals surface area contributed by atoms with Crippen LogP contribution in [0, 0.1) is 5.82 Å². The first-order valence-corrected chi connectivity index (χ1v) is 6.93. The molecule has 0 bridgehead atoms. The van der Waals surface area contributed by atoms with E-state index in [2.05, 4.69) is 10.2 Å². The number of carbonyl (C=O) groups excluding carboxylic acids is 1. The molecule has 6 nitrogen and oxygen atoms in total. The third-order valence-electron chi connectivity index (χ3n) is 3.44. The standard InChI is InChI=1S/C14H21FN4O2/c1-9(8-19-2-4-21-5-3-19)18-13-6-10(14(17)20)12(16)7-11(13)15/h6-7,9,18H,2-5,8,16H2,1H3,(H2,17,20). The zero-order valence-electron chi connectivity index (χ0n) is 12.1. The Morgan fingerprint density at radius 3 is 2.76 bits per heavy atom. The van der Waals surface area contributed by atoms with Gasteiger partial charge in [-0.25, -0.2) is 4.39 Å². The summed E-state index contributed by atoms with van der Waals surface area (Å²) in [4.78, 5) is 13.5. The van der Waals surface area contributed by atoms with Crippen LogP contribution in [0.25, 0.3) is 0 Å². The number of hydrogen-bond acceptors (Lipinski definition) is 5. The van der Waals surface area contributed by atoms with Crippen LogP contribution < -0.4 is 16.8 Å². The summed E-state index contributed by atoms with van der Waals surface area (Å²) in [6.07, 6.45) is 0. The lowest BCUT2D eigenvalue weighted by molar-refractivity contribution is 0.0368. The van der Waals surface area contributed by atoms with Crippen LogP contribution in [0.2, 0.25) is 0 Å². The predicted octanol–water partition coefficient (Wildman–Crippen LogP) is 0.639. The van der Waals surface area contributed by atoms with Crippen molar-refractivity contribution in [2.45, 2.75) is 13.0 Å². The number of nitrogens with one attached hydrogen (secondary N) is 1. The highest BCUT2D eigenvalue weighted by molar-refractivity contribution is 5.99. The molecule has 0 aliphatic carbocycles. The molecule has 116 valence electrons. The van der Waals surface area contributed by atoms with E-state index in [-0.39, 0.29) is 23.0 Å². The molecule has 0 radical (unpaired) electrons. The Balaban J connectivity index is 2.04. The number of nitrogen functional groups attached to an aromatic ring is 1. The fourth-order valence-corrected chi connectivity index (χ4v) is 2.39. The normalized spacial score (nSPS) is 17.4. The summed E-state index contributed by atoms with van der Waals surface area (Å²) in [5.74, 6) is -1.16. The van der Waals surface area contributed by atoms with Gasteiger partial charge in [-0.1, -0.05) is 0 Å². The van der Waals surface area contributed by atoms with Crippen LogP contribution in [0.1, 0.15) is 17.3 Å². The van der Waals surface area contributed by atoms with Crippen molar-refractivity contribution in [3.8, 4) is 0 Å². The van der Waals surface area contributed by atoms with Gasteiger partial charge >= 0.3 is 0 Å². The van der Waals surface area contributed by atoms with Gasteiger partial charge < -0.3 is 21.5 Å². The first kappa shape index (κ1) is 15.5. The maximum absolute atomic E-state index is 13.9. The lowest BCUT2D eigenvalue weighted by Crippen LogP contribution is -2.42. The lowest BCUT2D eigenvalue weighted by atomic mass is 10.1. The van der Waals surface area contributed by atoms with Crippen molar-refractivity contribution >= 4 is 17.3 Å². The molecule has 7 heteroatoms. The lowest BCUT2D eigenvalue weighted by Gasteiger charge is -2.29. The molecule has 1 saturated heterocycles. The predicted molar refractivity (Wildman–Crippen MR) is 79.7 cm³/mol. The van der Waals surface area contributed by atoms with E-state index in [1.54, 1.807) is 0 Å². The molecule has 0 aromatic heterocycles. The third kappa shape index (κ3) is 4.05. The van der Waals surface area contributed by atoms with Crippen LogP contribution >= 0.6 is 0 Å². The number of benzene rings is 1. The van der Waals surface area contributed by atoms with Gasteiger partial charge in [-0.15, -0.1) is 0 Å². The van der Waals surface area contributed by atoms with E-state index in [1.807, 2.05) is 6.92 Å². The molecule has 1 aromatic rings. The smallest absolute Gasteiger partial charge is 0.250 e. The average Bonchev–Trinajstić information content (AvgIpc) is 2.42. The molecule has 1 unspecified atom stereocenters. The van der Waals surface area contributed by atoms with Crippen molar-refractivity contribution in [3.05, 3.63) is 23.5 Å². The summed E-state index contributed by atoms with van der Waals surface area (Å²) in [6, 6.07) is 2.49. The molecule has 1 fully saturated rings. The number of rotatable bonds is 5. The van der Waals surface area contributed by atoms with Crippen LogP contribution in [0.4, 0.5) is 15.8 Å². The van der Waals surface area contributed by atoms with Gasteiger partial charge in [0.25, 0.3) is 5.91 Å². The van der Waals surface area contributed by atoms with Crippen LogP contribution in [-0.2, 0) is 4.74 Å². The molecular formula is C14H21FN4O2. The summed E-state index contributed by atoms with van der Waals surface area (Å²) in [5.41, 5.74) is 11.2. The van der Waals surface area contributed by atoms with E-state index in [4.69, 9.17) is 16.2 Å². The summed E-state index contributed by atoms with van der Waals surface area (Å²) in [7, 11) is 0. The highest BCUT2D eigenvalue weighted by atomic mass is 19.1. The highest BCUT2D eigenvalue weighted by Crippen LogP contribution is 2.22. The van der Waals surface area contributed by atoms with Gasteiger partial charge in [-0.2, -0.15) is 0 Å². The number of nitrogens with zero attached hydrogens (tertiary/aromatic N) is 1. The second-order valence-electron chi connectivity index (χ2n) is 5.24. The largest absolute Gasteiger partial charge is 0.398 e. The summed E-state index contributed by atoms with van der Waals surface area (Å²) >= 11 is 0. The zero-order valence-corrected chi connectivity index (χ0v) is 12.1. The first-order valence-electron chi connectivity index (χ1n) is 6.93. The number of nitrogens with two attached hydrogens (primary N) is 2. The van der Waals surface area contributed by atoms with Gasteiger partial charge in [0.2, 0.25) is 0 Å². The molecule has 1 atom stereocenters. The molecular weight excluding hydrogens is 275 g/mol. The molecule has 0 spiro atoms. The topological polar surface area (TPSA) is 93.6 Å². The van der Waals surface area contributed by atoms with Crippen molar-refractivity contribution < 1.29 is 13.9 Å². The van der Waals surface area contributed by atoms with E-state index < -0.39 is 11.7 Å². The number of carbonyl (C=O) groups is 1. The minimum absolute atomic E-state index is 0.0157. The van der Waals surface area contributed by atoms with Crippen molar-refractivity contribution in [1.82, 2.24) is 4.90 Å². The number of halogens is 1. The molecule has 5 N–H and O–H groups in total. The fourth-order valence-electron chi connectivity index (χ4n) is 2.39. The van der Waals surface area contributed by atoms with Gasteiger partial charge in [0, 0.05) is 31.4 Å². The molecule has 0 saturated carbocycles. The minimum atomic E-state index is -0.670. The number of amides is 1.